The van der Waals surface area contributed by atoms with Gasteiger partial charge in [0.25, 0.3) is 0 Å². The van der Waals surface area contributed by atoms with Crippen molar-refractivity contribution in [2.75, 3.05) is 5.75 Å². The van der Waals surface area contributed by atoms with Gasteiger partial charge in [0.2, 0.25) is 5.91 Å². The molecule has 146 valence electrons. The summed E-state index contributed by atoms with van der Waals surface area (Å²) in [4.78, 5) is 16.6. The summed E-state index contributed by atoms with van der Waals surface area (Å²) in [5, 5.41) is 12.4. The van der Waals surface area contributed by atoms with Crippen LogP contribution in [0.3, 0.4) is 0 Å². The van der Waals surface area contributed by atoms with Crippen LogP contribution in [-0.4, -0.2) is 37.5 Å². The average molecular weight is 396 g/mol. The number of amides is 1. The zero-order valence-corrected chi connectivity index (χ0v) is 17.5. The van der Waals surface area contributed by atoms with Gasteiger partial charge in [-0.05, 0) is 62.6 Å². The van der Waals surface area contributed by atoms with Crippen molar-refractivity contribution in [1.82, 2.24) is 25.1 Å². The monoisotopic (exact) mass is 395 g/mol. The van der Waals surface area contributed by atoms with E-state index in [1.807, 2.05) is 42.7 Å². The molecule has 1 unspecified atom stereocenters. The molecule has 6 nitrogen and oxygen atoms in total. The molecule has 7 heteroatoms. The highest BCUT2D eigenvalue weighted by molar-refractivity contribution is 7.99. The number of pyridine rings is 1. The predicted octanol–water partition coefficient (Wildman–Crippen LogP) is 3.95. The van der Waals surface area contributed by atoms with Gasteiger partial charge in [0.1, 0.15) is 5.69 Å². The van der Waals surface area contributed by atoms with Crippen LogP contribution in [0.25, 0.3) is 17.2 Å². The number of aromatic nitrogens is 4. The van der Waals surface area contributed by atoms with Crippen molar-refractivity contribution in [3.05, 3.63) is 53.7 Å². The van der Waals surface area contributed by atoms with Gasteiger partial charge in [0.15, 0.2) is 11.0 Å². The van der Waals surface area contributed by atoms with Crippen molar-refractivity contribution in [3.63, 3.8) is 0 Å². The summed E-state index contributed by atoms with van der Waals surface area (Å²) < 4.78 is 1.97. The summed E-state index contributed by atoms with van der Waals surface area (Å²) in [6.45, 7) is 8.21. The van der Waals surface area contributed by atoms with Crippen LogP contribution in [0, 0.1) is 13.8 Å². The van der Waals surface area contributed by atoms with Crippen molar-refractivity contribution >= 4 is 17.7 Å². The Balaban J connectivity index is 1.95. The third-order valence-corrected chi connectivity index (χ3v) is 5.56. The molecule has 0 fully saturated rings. The van der Waals surface area contributed by atoms with E-state index in [1.165, 1.54) is 22.9 Å². The first-order valence-corrected chi connectivity index (χ1v) is 10.3. The second-order valence-corrected chi connectivity index (χ2v) is 7.73. The first-order chi connectivity index (χ1) is 13.5. The third-order valence-electron chi connectivity index (χ3n) is 4.63. The fourth-order valence-electron chi connectivity index (χ4n) is 2.67. The summed E-state index contributed by atoms with van der Waals surface area (Å²) in [5.41, 5.74) is 4.10. The molecule has 1 N–H and O–H groups in total. The van der Waals surface area contributed by atoms with E-state index in [0.29, 0.717) is 11.0 Å². The molecule has 0 aliphatic carbocycles. The zero-order valence-electron chi connectivity index (χ0n) is 16.6. The Labute approximate surface area is 169 Å². The lowest BCUT2D eigenvalue weighted by Crippen LogP contribution is -2.33. The summed E-state index contributed by atoms with van der Waals surface area (Å²) >= 11 is 1.38. The SMILES string of the molecule is CCC(C)NC(=O)CSc1nnc(-c2ccccn2)n1-c1ccc(C)c(C)c1. The van der Waals surface area contributed by atoms with E-state index in [4.69, 9.17) is 0 Å². The molecule has 3 rings (SSSR count). The Kier molecular flexibility index (Phi) is 6.46. The Morgan fingerprint density at radius 3 is 2.68 bits per heavy atom. The Morgan fingerprint density at radius 2 is 2.00 bits per heavy atom. The standard InChI is InChI=1S/C21H25N5OS/c1-5-16(4)23-19(27)13-28-21-25-24-20(18-8-6-7-11-22-18)26(21)17-10-9-14(2)15(3)12-17/h6-12,16H,5,13H2,1-4H3,(H,23,27). The number of benzene rings is 1. The number of aryl methyl sites for hydroxylation is 2. The topological polar surface area (TPSA) is 72.7 Å². The zero-order chi connectivity index (χ0) is 20.1. The van der Waals surface area contributed by atoms with Crippen LogP contribution >= 0.6 is 11.8 Å². The van der Waals surface area contributed by atoms with Gasteiger partial charge in [-0.1, -0.05) is 30.8 Å². The smallest absolute Gasteiger partial charge is 0.230 e. The Morgan fingerprint density at radius 1 is 1.18 bits per heavy atom. The number of hydrogen-bond acceptors (Lipinski definition) is 5. The molecule has 0 bridgehead atoms. The quantitative estimate of drug-likeness (QED) is 0.613. The first kappa shape index (κ1) is 20.1. The lowest BCUT2D eigenvalue weighted by Gasteiger charge is -2.13. The minimum absolute atomic E-state index is 0.00614. The van der Waals surface area contributed by atoms with Gasteiger partial charge in [-0.15, -0.1) is 10.2 Å². The van der Waals surface area contributed by atoms with Crippen molar-refractivity contribution in [2.24, 2.45) is 0 Å². The maximum atomic E-state index is 12.2. The maximum Gasteiger partial charge on any atom is 0.230 e. The predicted molar refractivity (Wildman–Crippen MR) is 113 cm³/mol. The summed E-state index contributed by atoms with van der Waals surface area (Å²) in [7, 11) is 0. The van der Waals surface area contributed by atoms with E-state index in [2.05, 4.69) is 46.5 Å². The number of carbonyl (C=O) groups excluding carboxylic acids is 1. The Hall–Kier alpha value is -2.67. The summed E-state index contributed by atoms with van der Waals surface area (Å²) in [5.74, 6) is 0.942. The normalized spacial score (nSPS) is 12.0. The molecular weight excluding hydrogens is 370 g/mol. The molecule has 3 aromatic rings. The molecule has 0 saturated heterocycles. The fraction of sp³-hybridized carbons (Fsp3) is 0.333. The van der Waals surface area contributed by atoms with E-state index in [1.54, 1.807) is 6.20 Å². The minimum Gasteiger partial charge on any atom is -0.353 e. The fourth-order valence-corrected chi connectivity index (χ4v) is 3.43. The molecule has 28 heavy (non-hydrogen) atoms. The van der Waals surface area contributed by atoms with Gasteiger partial charge < -0.3 is 5.32 Å². The second kappa shape index (κ2) is 9.01. The highest BCUT2D eigenvalue weighted by Gasteiger charge is 2.18. The molecule has 0 saturated carbocycles. The van der Waals surface area contributed by atoms with E-state index < -0.39 is 0 Å². The van der Waals surface area contributed by atoms with Crippen LogP contribution in [0.15, 0.2) is 47.8 Å². The van der Waals surface area contributed by atoms with Crippen LogP contribution in [0.2, 0.25) is 0 Å². The molecular formula is C21H25N5OS. The summed E-state index contributed by atoms with van der Waals surface area (Å²) in [6, 6.07) is 12.1. The van der Waals surface area contributed by atoms with Crippen molar-refractivity contribution in [1.29, 1.82) is 0 Å². The Bertz CT molecular complexity index is 955. The molecule has 0 aliphatic rings. The molecule has 0 radical (unpaired) electrons. The van der Waals surface area contributed by atoms with Crippen LogP contribution < -0.4 is 5.32 Å². The molecule has 0 aliphatic heterocycles. The third kappa shape index (κ3) is 4.59. The molecule has 0 spiro atoms. The number of hydrogen-bond donors (Lipinski definition) is 1. The second-order valence-electron chi connectivity index (χ2n) is 6.79. The van der Waals surface area contributed by atoms with Crippen LogP contribution in [-0.2, 0) is 4.79 Å². The van der Waals surface area contributed by atoms with Crippen LogP contribution in [0.4, 0.5) is 0 Å². The highest BCUT2D eigenvalue weighted by atomic mass is 32.2. The van der Waals surface area contributed by atoms with Gasteiger partial charge >= 0.3 is 0 Å². The van der Waals surface area contributed by atoms with Gasteiger partial charge in [-0.3, -0.25) is 14.3 Å². The van der Waals surface area contributed by atoms with Gasteiger partial charge in [0.05, 0.1) is 11.4 Å². The van der Waals surface area contributed by atoms with Crippen LogP contribution in [0.1, 0.15) is 31.4 Å². The van der Waals surface area contributed by atoms with Gasteiger partial charge in [0, 0.05) is 12.2 Å². The lowest BCUT2D eigenvalue weighted by atomic mass is 10.1. The van der Waals surface area contributed by atoms with E-state index in [-0.39, 0.29) is 17.7 Å². The molecule has 1 amide bonds. The number of carbonyl (C=O) groups is 1. The molecule has 2 aromatic heterocycles. The van der Waals surface area contributed by atoms with Crippen molar-refractivity contribution in [2.45, 2.75) is 45.3 Å². The average Bonchev–Trinajstić information content (AvgIpc) is 3.13. The number of nitrogens with zero attached hydrogens (tertiary/aromatic N) is 4. The van der Waals surface area contributed by atoms with Crippen molar-refractivity contribution in [3.8, 4) is 17.2 Å². The highest BCUT2D eigenvalue weighted by Crippen LogP contribution is 2.28. The van der Waals surface area contributed by atoms with Crippen molar-refractivity contribution < 1.29 is 4.79 Å². The molecule has 2 heterocycles. The number of nitrogens with one attached hydrogen (secondary N) is 1. The number of thioether (sulfide) groups is 1. The summed E-state index contributed by atoms with van der Waals surface area (Å²) in [6.07, 6.45) is 2.64. The van der Waals surface area contributed by atoms with Crippen LogP contribution in [0.5, 0.6) is 0 Å². The van der Waals surface area contributed by atoms with Gasteiger partial charge in [-0.2, -0.15) is 0 Å². The molecule has 1 atom stereocenters. The maximum absolute atomic E-state index is 12.2. The van der Waals surface area contributed by atoms with E-state index >= 15 is 0 Å². The molecule has 1 aromatic carbocycles. The van der Waals surface area contributed by atoms with E-state index in [0.717, 1.165) is 17.8 Å². The number of rotatable bonds is 7. The minimum atomic E-state index is -0.00614. The first-order valence-electron chi connectivity index (χ1n) is 9.36. The largest absolute Gasteiger partial charge is 0.353 e. The van der Waals surface area contributed by atoms with Gasteiger partial charge in [-0.25, -0.2) is 0 Å². The van der Waals surface area contributed by atoms with E-state index in [9.17, 15) is 4.79 Å². The lowest BCUT2D eigenvalue weighted by molar-refractivity contribution is -0.119.